The lowest BCUT2D eigenvalue weighted by molar-refractivity contribution is -0.133. The Labute approximate surface area is 198 Å². The first-order chi connectivity index (χ1) is 16.5. The molecular weight excluding hydrogens is 428 g/mol. The van der Waals surface area contributed by atoms with Crippen LogP contribution in [-0.4, -0.2) is 42.4 Å². The van der Waals surface area contributed by atoms with Crippen molar-refractivity contribution in [2.75, 3.05) is 29.9 Å². The van der Waals surface area contributed by atoms with Crippen LogP contribution < -0.4 is 15.5 Å². The number of carbonyl (C=O) groups is 3. The molecule has 1 unspecified atom stereocenters. The Morgan fingerprint density at radius 3 is 2.41 bits per heavy atom. The largest absolute Gasteiger partial charge is 0.372 e. The number of nitrogens with one attached hydrogen (secondary N) is 2. The number of carbonyl (C=O) groups excluding carboxylic acids is 3. The molecule has 174 valence electrons. The van der Waals surface area contributed by atoms with Gasteiger partial charge in [0, 0.05) is 24.5 Å². The van der Waals surface area contributed by atoms with Crippen LogP contribution in [0.5, 0.6) is 0 Å². The summed E-state index contributed by atoms with van der Waals surface area (Å²) in [4.78, 5) is 42.1. The first kappa shape index (κ1) is 21.9. The summed E-state index contributed by atoms with van der Waals surface area (Å²) < 4.78 is 0. The van der Waals surface area contributed by atoms with Crippen molar-refractivity contribution in [2.24, 2.45) is 0 Å². The molecule has 2 heterocycles. The fourth-order valence-corrected chi connectivity index (χ4v) is 4.94. The number of fused-ring (bicyclic) bond motifs is 1. The fourth-order valence-electron chi connectivity index (χ4n) is 4.94. The molecule has 7 nitrogen and oxygen atoms in total. The molecule has 0 bridgehead atoms. The predicted molar refractivity (Wildman–Crippen MR) is 133 cm³/mol. The van der Waals surface area contributed by atoms with Crippen molar-refractivity contribution in [1.82, 2.24) is 10.2 Å². The number of imide groups is 1. The van der Waals surface area contributed by atoms with Gasteiger partial charge in [-0.3, -0.25) is 14.5 Å². The molecule has 2 saturated heterocycles. The SMILES string of the molecule is CC1(c2cccc3ccccc23)NC(=O)N(CC(=O)Nc2ccc(N3CCCCC3)cc2)C1=O. The summed E-state index contributed by atoms with van der Waals surface area (Å²) >= 11 is 0. The van der Waals surface area contributed by atoms with Gasteiger partial charge in [0.15, 0.2) is 0 Å². The van der Waals surface area contributed by atoms with Gasteiger partial charge in [-0.1, -0.05) is 42.5 Å². The highest BCUT2D eigenvalue weighted by atomic mass is 16.2. The van der Waals surface area contributed by atoms with E-state index in [2.05, 4.69) is 15.5 Å². The quantitative estimate of drug-likeness (QED) is 0.563. The second-order valence-corrected chi connectivity index (χ2v) is 9.12. The van der Waals surface area contributed by atoms with E-state index in [0.29, 0.717) is 11.3 Å². The van der Waals surface area contributed by atoms with Gasteiger partial charge in [-0.15, -0.1) is 0 Å². The Balaban J connectivity index is 1.29. The minimum absolute atomic E-state index is 0.348. The van der Waals surface area contributed by atoms with E-state index in [1.807, 2.05) is 66.7 Å². The smallest absolute Gasteiger partial charge is 0.325 e. The number of piperidine rings is 1. The molecular formula is C27H28N4O3. The summed E-state index contributed by atoms with van der Waals surface area (Å²) in [7, 11) is 0. The summed E-state index contributed by atoms with van der Waals surface area (Å²) in [6, 6.07) is 20.5. The lowest BCUT2D eigenvalue weighted by Gasteiger charge is -2.28. The summed E-state index contributed by atoms with van der Waals surface area (Å²) in [6.45, 7) is 3.44. The maximum atomic E-state index is 13.3. The van der Waals surface area contributed by atoms with E-state index in [1.165, 1.54) is 19.3 Å². The highest BCUT2D eigenvalue weighted by molar-refractivity contribution is 6.11. The van der Waals surface area contributed by atoms with Crippen molar-refractivity contribution in [1.29, 1.82) is 0 Å². The molecule has 2 aliphatic heterocycles. The lowest BCUT2D eigenvalue weighted by Crippen LogP contribution is -2.42. The van der Waals surface area contributed by atoms with Gasteiger partial charge in [-0.2, -0.15) is 0 Å². The molecule has 7 heteroatoms. The van der Waals surface area contributed by atoms with Crippen LogP contribution in [0.3, 0.4) is 0 Å². The van der Waals surface area contributed by atoms with Crippen molar-refractivity contribution < 1.29 is 14.4 Å². The molecule has 2 N–H and O–H groups in total. The predicted octanol–water partition coefficient (Wildman–Crippen LogP) is 4.24. The Morgan fingerprint density at radius 2 is 1.65 bits per heavy atom. The zero-order valence-electron chi connectivity index (χ0n) is 19.2. The molecule has 4 amide bonds. The number of rotatable bonds is 5. The number of nitrogens with zero attached hydrogens (tertiary/aromatic N) is 2. The Morgan fingerprint density at radius 1 is 0.941 bits per heavy atom. The van der Waals surface area contributed by atoms with Crippen molar-refractivity contribution in [3.8, 4) is 0 Å². The number of benzene rings is 3. The van der Waals surface area contributed by atoms with Crippen LogP contribution in [0.2, 0.25) is 0 Å². The van der Waals surface area contributed by atoms with Crippen LogP contribution in [0.15, 0.2) is 66.7 Å². The molecule has 2 aliphatic rings. The average molecular weight is 457 g/mol. The highest BCUT2D eigenvalue weighted by Crippen LogP contribution is 2.33. The molecule has 5 rings (SSSR count). The molecule has 0 spiro atoms. The molecule has 0 radical (unpaired) electrons. The van der Waals surface area contributed by atoms with Gasteiger partial charge >= 0.3 is 6.03 Å². The minimum atomic E-state index is -1.24. The van der Waals surface area contributed by atoms with E-state index in [4.69, 9.17) is 0 Å². The monoisotopic (exact) mass is 456 g/mol. The van der Waals surface area contributed by atoms with Crippen molar-refractivity contribution in [3.05, 3.63) is 72.3 Å². The van der Waals surface area contributed by atoms with Gasteiger partial charge in [0.2, 0.25) is 5.91 Å². The zero-order chi connectivity index (χ0) is 23.7. The van der Waals surface area contributed by atoms with Crippen molar-refractivity contribution in [2.45, 2.75) is 31.7 Å². The zero-order valence-corrected chi connectivity index (χ0v) is 19.2. The van der Waals surface area contributed by atoms with Gasteiger partial charge < -0.3 is 15.5 Å². The van der Waals surface area contributed by atoms with Crippen molar-refractivity contribution >= 4 is 40.0 Å². The topological polar surface area (TPSA) is 81.8 Å². The third kappa shape index (κ3) is 3.98. The number of anilines is 2. The normalized spacial score (nSPS) is 20.5. The number of hydrogen-bond donors (Lipinski definition) is 2. The van der Waals surface area contributed by atoms with Gasteiger partial charge in [-0.25, -0.2) is 4.79 Å². The minimum Gasteiger partial charge on any atom is -0.372 e. The number of hydrogen-bond acceptors (Lipinski definition) is 4. The van der Waals surface area contributed by atoms with Crippen LogP contribution in [0, 0.1) is 0 Å². The number of amides is 4. The van der Waals surface area contributed by atoms with E-state index < -0.39 is 23.4 Å². The Hall–Kier alpha value is -3.87. The number of urea groups is 1. The van der Waals surface area contributed by atoms with Gasteiger partial charge in [0.05, 0.1) is 0 Å². The summed E-state index contributed by atoms with van der Waals surface area (Å²) in [5.41, 5.74) is 1.24. The van der Waals surface area contributed by atoms with E-state index in [1.54, 1.807) is 6.92 Å². The maximum Gasteiger partial charge on any atom is 0.325 e. The fraction of sp³-hybridized carbons (Fsp3) is 0.296. The standard InChI is InChI=1S/C27H28N4O3/c1-27(23-11-7-9-19-8-3-4-10-22(19)23)25(33)31(26(34)29-27)18-24(32)28-20-12-14-21(15-13-20)30-16-5-2-6-17-30/h3-4,7-15H,2,5-6,16-18H2,1H3,(H,28,32)(H,29,34). The third-order valence-corrected chi connectivity index (χ3v) is 6.78. The van der Waals surface area contributed by atoms with E-state index in [-0.39, 0.29) is 6.54 Å². The van der Waals surface area contributed by atoms with E-state index in [0.717, 1.165) is 34.4 Å². The third-order valence-electron chi connectivity index (χ3n) is 6.78. The van der Waals surface area contributed by atoms with Crippen LogP contribution in [-0.2, 0) is 15.1 Å². The van der Waals surface area contributed by atoms with Crippen LogP contribution >= 0.6 is 0 Å². The molecule has 34 heavy (non-hydrogen) atoms. The van der Waals surface area contributed by atoms with Crippen LogP contribution in [0.25, 0.3) is 10.8 Å². The van der Waals surface area contributed by atoms with Gasteiger partial charge in [0.25, 0.3) is 5.91 Å². The molecule has 3 aromatic carbocycles. The van der Waals surface area contributed by atoms with Crippen LogP contribution in [0.4, 0.5) is 16.2 Å². The first-order valence-corrected chi connectivity index (χ1v) is 11.7. The van der Waals surface area contributed by atoms with Gasteiger partial charge in [0.1, 0.15) is 12.1 Å². The Kier molecular flexibility index (Phi) is 5.69. The van der Waals surface area contributed by atoms with E-state index >= 15 is 0 Å². The summed E-state index contributed by atoms with van der Waals surface area (Å²) in [5, 5.41) is 7.48. The second kappa shape index (κ2) is 8.82. The molecule has 2 fully saturated rings. The Bertz CT molecular complexity index is 1240. The van der Waals surface area contributed by atoms with Crippen molar-refractivity contribution in [3.63, 3.8) is 0 Å². The van der Waals surface area contributed by atoms with E-state index in [9.17, 15) is 14.4 Å². The summed E-state index contributed by atoms with van der Waals surface area (Å²) in [6.07, 6.45) is 3.66. The molecule has 0 aliphatic carbocycles. The maximum absolute atomic E-state index is 13.3. The average Bonchev–Trinajstić information content (AvgIpc) is 3.08. The molecule has 0 aromatic heterocycles. The van der Waals surface area contributed by atoms with Crippen LogP contribution in [0.1, 0.15) is 31.7 Å². The summed E-state index contributed by atoms with van der Waals surface area (Å²) in [5.74, 6) is -0.860. The molecule has 0 saturated carbocycles. The first-order valence-electron chi connectivity index (χ1n) is 11.7. The second-order valence-electron chi connectivity index (χ2n) is 9.12. The van der Waals surface area contributed by atoms with Gasteiger partial charge in [-0.05, 0) is 66.8 Å². The lowest BCUT2D eigenvalue weighted by atomic mass is 9.88. The molecule has 1 atom stereocenters. The molecule has 3 aromatic rings. The highest BCUT2D eigenvalue weighted by Gasteiger charge is 2.50.